The van der Waals surface area contributed by atoms with Crippen molar-refractivity contribution < 1.29 is 0 Å². The quantitative estimate of drug-likeness (QED) is 0.126. The minimum atomic E-state index is -0.223. The van der Waals surface area contributed by atoms with Crippen molar-refractivity contribution in [3.05, 3.63) is 370 Å². The molecule has 4 aliphatic carbocycles. The third-order valence-electron chi connectivity index (χ3n) is 22.3. The fourth-order valence-electron chi connectivity index (χ4n) is 17.2. The number of hydrogen-bond donors (Lipinski definition) is 0. The van der Waals surface area contributed by atoms with Crippen molar-refractivity contribution in [2.24, 2.45) is 0 Å². The Morgan fingerprint density at radius 1 is 0.227 bits per heavy atom. The van der Waals surface area contributed by atoms with E-state index in [9.17, 15) is 0 Å². The normalized spacial score (nSPS) is 14.7. The average Bonchev–Trinajstić information content (AvgIpc) is 1.56. The van der Waals surface area contributed by atoms with E-state index in [1.165, 1.54) is 143 Å². The van der Waals surface area contributed by atoms with Gasteiger partial charge in [0.25, 0.3) is 0 Å². The molecule has 0 aromatic heterocycles. The maximum atomic E-state index is 2.51. The second-order valence-electron chi connectivity index (χ2n) is 28.6. The molecule has 1 spiro atoms. The fourth-order valence-corrected chi connectivity index (χ4v) is 17.2. The molecule has 0 bridgehead atoms. The highest BCUT2D eigenvalue weighted by atomic mass is 15.1. The van der Waals surface area contributed by atoms with E-state index >= 15 is 0 Å². The molecule has 19 rings (SSSR count). The van der Waals surface area contributed by atoms with Gasteiger partial charge < -0.3 is 9.80 Å². The lowest BCUT2D eigenvalue weighted by Crippen LogP contribution is -2.26. The van der Waals surface area contributed by atoms with Gasteiger partial charge in [-0.3, -0.25) is 0 Å². The lowest BCUT2D eigenvalue weighted by atomic mass is 9.75. The Morgan fingerprint density at radius 3 is 0.784 bits per heavy atom. The molecule has 97 heavy (non-hydrogen) atoms. The van der Waals surface area contributed by atoms with E-state index in [1.807, 2.05) is 0 Å². The molecule has 2 nitrogen and oxygen atoms in total. The minimum absolute atomic E-state index is 0.164. The Morgan fingerprint density at radius 2 is 0.464 bits per heavy atom. The summed E-state index contributed by atoms with van der Waals surface area (Å²) in [4.78, 5) is 4.87. The van der Waals surface area contributed by atoms with Crippen LogP contribution in [-0.2, 0) is 29.1 Å². The molecular weight excluding hydrogens is 1170 g/mol. The van der Waals surface area contributed by atoms with Crippen LogP contribution in [0.2, 0.25) is 0 Å². The van der Waals surface area contributed by atoms with Gasteiger partial charge in [0.05, 0.1) is 0 Å². The lowest BCUT2D eigenvalue weighted by Gasteiger charge is -2.28. The monoisotopic (exact) mass is 1240 g/mol. The molecule has 460 valence electrons. The number of nitrogens with zero attached hydrogens (tertiary/aromatic N) is 2. The minimum Gasteiger partial charge on any atom is -0.310 e. The molecule has 15 aromatic rings. The number of hydrogen-bond acceptors (Lipinski definition) is 2. The summed E-state index contributed by atoms with van der Waals surface area (Å²) >= 11 is 0. The first-order valence-corrected chi connectivity index (χ1v) is 34.3. The molecule has 0 aliphatic heterocycles. The highest BCUT2D eigenvalue weighted by Crippen LogP contribution is 2.57. The van der Waals surface area contributed by atoms with Gasteiger partial charge in [0.15, 0.2) is 0 Å². The van der Waals surface area contributed by atoms with Crippen LogP contribution in [0.5, 0.6) is 0 Å². The van der Waals surface area contributed by atoms with Gasteiger partial charge in [0, 0.05) is 50.4 Å². The lowest BCUT2D eigenvalue weighted by molar-refractivity contribution is 0.563. The zero-order chi connectivity index (χ0) is 64.7. The molecule has 0 saturated heterocycles. The van der Waals surface area contributed by atoms with Crippen molar-refractivity contribution in [3.63, 3.8) is 0 Å². The molecule has 2 heteroatoms. The topological polar surface area (TPSA) is 6.48 Å². The third kappa shape index (κ3) is 9.22. The van der Waals surface area contributed by atoms with Crippen LogP contribution >= 0.6 is 0 Å². The maximum absolute atomic E-state index is 2.51. The first kappa shape index (κ1) is 56.9. The van der Waals surface area contributed by atoms with Crippen LogP contribution in [0.15, 0.2) is 303 Å². The zero-order valence-electron chi connectivity index (χ0n) is 55.0. The Kier molecular flexibility index (Phi) is 12.8. The van der Waals surface area contributed by atoms with E-state index in [-0.39, 0.29) is 16.2 Å². The van der Waals surface area contributed by atoms with Crippen molar-refractivity contribution in [2.45, 2.75) is 56.8 Å². The molecule has 0 radical (unpaired) electrons. The van der Waals surface area contributed by atoms with Gasteiger partial charge in [0.2, 0.25) is 0 Å². The summed E-state index contributed by atoms with van der Waals surface area (Å²) in [5.41, 5.74) is 30.3. The molecular formula is C95H70N2. The Bertz CT molecular complexity index is 5350. The van der Waals surface area contributed by atoms with E-state index < -0.39 is 0 Å². The van der Waals surface area contributed by atoms with Crippen LogP contribution < -0.4 is 9.80 Å². The summed E-state index contributed by atoms with van der Waals surface area (Å²) in [6.45, 7) is 9.61. The van der Waals surface area contributed by atoms with Gasteiger partial charge in [-0.05, 0) is 229 Å². The van der Waals surface area contributed by atoms with Crippen molar-refractivity contribution in [1.82, 2.24) is 0 Å². The zero-order valence-corrected chi connectivity index (χ0v) is 55.0. The van der Waals surface area contributed by atoms with Crippen molar-refractivity contribution in [2.75, 3.05) is 9.80 Å². The Hall–Kier alpha value is -11.6. The molecule has 0 saturated carbocycles. The summed E-state index contributed by atoms with van der Waals surface area (Å²) in [5.74, 6) is 0. The summed E-state index contributed by atoms with van der Waals surface area (Å²) in [7, 11) is 0. The highest BCUT2D eigenvalue weighted by Gasteiger charge is 2.47. The molecule has 0 N–H and O–H groups in total. The van der Waals surface area contributed by atoms with Crippen LogP contribution in [0.25, 0.3) is 101 Å². The fraction of sp³-hybridized carbons (Fsp3) is 0.0947. The number of anilines is 6. The highest BCUT2D eigenvalue weighted by molar-refractivity contribution is 5.97. The largest absolute Gasteiger partial charge is 0.310 e. The second-order valence-corrected chi connectivity index (χ2v) is 28.6. The standard InChI is InChI=1S/C95H70N2/c1-93(2)87-49-61(29-43-81(87)83-47-41-79(57-89(83)93)96(75-37-33-65-15-5-9-19-69(65)53-75)76-38-34-66-16-6-10-20-70(66)54-76)25-27-63-31-45-85-86-46-32-64(52-92(86)95(91(85)51-63)59-73-23-13-14-24-74(73)60-95)28-26-62-30-44-82-84-48-42-80(58-90(84)94(3,4)88(82)50-62)97(77-39-35-67-17-7-11-21-71(67)55-77)78-40-36-68-18-8-12-22-72(68)56-78/h5-58H,59-60H2,1-4H3. The smallest absolute Gasteiger partial charge is 0.0468 e. The summed E-state index contributed by atoms with van der Waals surface area (Å²) in [6.07, 6.45) is 11.3. The molecule has 0 unspecified atom stereocenters. The van der Waals surface area contributed by atoms with Crippen LogP contribution in [0, 0.1) is 0 Å². The van der Waals surface area contributed by atoms with Gasteiger partial charge >= 0.3 is 0 Å². The van der Waals surface area contributed by atoms with Crippen LogP contribution in [0.3, 0.4) is 0 Å². The van der Waals surface area contributed by atoms with Crippen molar-refractivity contribution in [3.8, 4) is 33.4 Å². The molecule has 0 amide bonds. The van der Waals surface area contributed by atoms with Crippen molar-refractivity contribution >= 4 is 102 Å². The molecule has 0 fully saturated rings. The van der Waals surface area contributed by atoms with E-state index in [4.69, 9.17) is 0 Å². The van der Waals surface area contributed by atoms with E-state index in [0.29, 0.717) is 0 Å². The Balaban J connectivity index is 0.610. The van der Waals surface area contributed by atoms with Crippen molar-refractivity contribution in [1.29, 1.82) is 0 Å². The maximum Gasteiger partial charge on any atom is 0.0468 e. The summed E-state index contributed by atoms with van der Waals surface area (Å²) < 4.78 is 0. The predicted molar refractivity (Wildman–Crippen MR) is 412 cm³/mol. The number of benzene rings is 15. The SMILES string of the molecule is CC1(C)c2cc(C=Cc3ccc4c(c3)C3(Cc5ccccc5C3)c3cc(C=Cc5ccc6c(c5)C(C)(C)c5cc(N(c7ccc8ccccc8c7)c7ccc8ccccc8c7)ccc5-6)ccc3-4)ccc2-c2ccc(N(c3ccc4ccccc4c3)c3ccc4ccccc4c3)cc21. The van der Waals surface area contributed by atoms with Crippen LogP contribution in [-0.4, -0.2) is 0 Å². The van der Waals surface area contributed by atoms with Crippen LogP contribution in [0.1, 0.15) is 94.5 Å². The van der Waals surface area contributed by atoms with E-state index in [1.54, 1.807) is 0 Å². The molecule has 0 heterocycles. The third-order valence-corrected chi connectivity index (χ3v) is 22.3. The first-order chi connectivity index (χ1) is 47.5. The number of rotatable bonds is 10. The van der Waals surface area contributed by atoms with Gasteiger partial charge in [-0.15, -0.1) is 0 Å². The van der Waals surface area contributed by atoms with Gasteiger partial charge in [-0.2, -0.15) is 0 Å². The van der Waals surface area contributed by atoms with E-state index in [2.05, 4.69) is 365 Å². The molecule has 15 aromatic carbocycles. The first-order valence-electron chi connectivity index (χ1n) is 34.3. The van der Waals surface area contributed by atoms with Gasteiger partial charge in [0.1, 0.15) is 0 Å². The second kappa shape index (κ2) is 21.7. The predicted octanol–water partition coefficient (Wildman–Crippen LogP) is 25.3. The number of fused-ring (bicyclic) bond motifs is 16. The Labute approximate surface area is 568 Å². The summed E-state index contributed by atoms with van der Waals surface area (Å²) in [5, 5.41) is 9.86. The molecule has 0 atom stereocenters. The average molecular weight is 1240 g/mol. The molecule has 4 aliphatic rings. The van der Waals surface area contributed by atoms with Crippen LogP contribution in [0.4, 0.5) is 34.1 Å². The van der Waals surface area contributed by atoms with Gasteiger partial charge in [-0.1, -0.05) is 283 Å². The van der Waals surface area contributed by atoms with E-state index in [0.717, 1.165) is 47.0 Å². The van der Waals surface area contributed by atoms with Gasteiger partial charge in [-0.25, -0.2) is 0 Å². The summed E-state index contributed by atoms with van der Waals surface area (Å²) in [6, 6.07) is 114.